The molecule has 0 aliphatic carbocycles. The maximum Gasteiger partial charge on any atom is 0.258 e. The number of H-pyrrole nitrogens is 1. The van der Waals surface area contributed by atoms with E-state index >= 15 is 0 Å². The van der Waals surface area contributed by atoms with Crippen LogP contribution < -0.4 is 0 Å². The molecule has 0 spiro atoms. The van der Waals surface area contributed by atoms with Crippen LogP contribution in [0.2, 0.25) is 0 Å². The van der Waals surface area contributed by atoms with Crippen LogP contribution in [0.4, 0.5) is 0 Å². The van der Waals surface area contributed by atoms with Crippen molar-refractivity contribution in [3.05, 3.63) is 36.7 Å². The molecule has 0 saturated carbocycles. The van der Waals surface area contributed by atoms with Crippen molar-refractivity contribution in [3.63, 3.8) is 0 Å². The minimum absolute atomic E-state index is 0.399. The Morgan fingerprint density at radius 1 is 1.12 bits per heavy atom. The molecule has 78 valence electrons. The molecular formula is C10H7N5O. The molecular weight excluding hydrogens is 206 g/mol. The number of hydrogen-bond donors (Lipinski definition) is 1. The first-order valence-electron chi connectivity index (χ1n) is 4.68. The Hall–Kier alpha value is -2.50. The van der Waals surface area contributed by atoms with Crippen molar-refractivity contribution in [2.24, 2.45) is 0 Å². The van der Waals surface area contributed by atoms with E-state index in [1.165, 1.54) is 6.33 Å². The van der Waals surface area contributed by atoms with Gasteiger partial charge < -0.3 is 4.52 Å². The zero-order valence-corrected chi connectivity index (χ0v) is 8.16. The van der Waals surface area contributed by atoms with E-state index in [9.17, 15) is 0 Å². The van der Waals surface area contributed by atoms with Gasteiger partial charge in [-0.25, -0.2) is 4.98 Å². The van der Waals surface area contributed by atoms with Crippen LogP contribution in [0, 0.1) is 0 Å². The Morgan fingerprint density at radius 3 is 2.75 bits per heavy atom. The Bertz CT molecular complexity index is 572. The van der Waals surface area contributed by atoms with Gasteiger partial charge in [0.15, 0.2) is 5.82 Å². The SMILES string of the molecule is c1ccc(-c2nc(-c3ncn[nH]3)no2)cc1. The third-order valence-corrected chi connectivity index (χ3v) is 2.07. The van der Waals surface area contributed by atoms with Crippen LogP contribution in [-0.2, 0) is 0 Å². The normalized spacial score (nSPS) is 10.5. The van der Waals surface area contributed by atoms with E-state index in [1.807, 2.05) is 30.3 Å². The highest BCUT2D eigenvalue weighted by Gasteiger charge is 2.11. The van der Waals surface area contributed by atoms with Crippen molar-refractivity contribution in [3.8, 4) is 23.1 Å². The first kappa shape index (κ1) is 8.78. The number of benzene rings is 1. The fourth-order valence-corrected chi connectivity index (χ4v) is 1.33. The lowest BCUT2D eigenvalue weighted by Gasteiger charge is -1.89. The number of nitrogens with zero attached hydrogens (tertiary/aromatic N) is 4. The molecule has 0 radical (unpaired) electrons. The molecule has 3 aromatic rings. The molecule has 0 atom stereocenters. The van der Waals surface area contributed by atoms with Gasteiger partial charge in [0.05, 0.1) is 0 Å². The van der Waals surface area contributed by atoms with Gasteiger partial charge in [-0.3, -0.25) is 5.10 Å². The molecule has 0 fully saturated rings. The lowest BCUT2D eigenvalue weighted by molar-refractivity contribution is 0.432. The number of aromatic amines is 1. The second-order valence-electron chi connectivity index (χ2n) is 3.12. The summed E-state index contributed by atoms with van der Waals surface area (Å²) in [4.78, 5) is 8.15. The molecule has 0 aliphatic rings. The lowest BCUT2D eigenvalue weighted by Crippen LogP contribution is -1.83. The van der Waals surface area contributed by atoms with E-state index in [2.05, 4.69) is 25.3 Å². The molecule has 1 N–H and O–H groups in total. The fraction of sp³-hybridized carbons (Fsp3) is 0. The summed E-state index contributed by atoms with van der Waals surface area (Å²) in [6.45, 7) is 0. The van der Waals surface area contributed by atoms with E-state index < -0.39 is 0 Å². The van der Waals surface area contributed by atoms with Crippen molar-refractivity contribution < 1.29 is 4.52 Å². The molecule has 0 amide bonds. The van der Waals surface area contributed by atoms with Gasteiger partial charge in [-0.1, -0.05) is 23.4 Å². The molecule has 0 unspecified atom stereocenters. The third-order valence-electron chi connectivity index (χ3n) is 2.07. The molecule has 1 aromatic carbocycles. The van der Waals surface area contributed by atoms with Crippen LogP contribution in [0.5, 0.6) is 0 Å². The average Bonchev–Trinajstić information content (AvgIpc) is 3.01. The Kier molecular flexibility index (Phi) is 1.96. The Balaban J connectivity index is 2.00. The number of aromatic nitrogens is 5. The van der Waals surface area contributed by atoms with Gasteiger partial charge in [-0.05, 0) is 12.1 Å². The molecule has 2 aromatic heterocycles. The van der Waals surface area contributed by atoms with E-state index in [1.54, 1.807) is 0 Å². The highest BCUT2D eigenvalue weighted by atomic mass is 16.5. The van der Waals surface area contributed by atoms with Crippen molar-refractivity contribution in [1.29, 1.82) is 0 Å². The quantitative estimate of drug-likeness (QED) is 0.698. The van der Waals surface area contributed by atoms with Crippen molar-refractivity contribution in [2.75, 3.05) is 0 Å². The summed E-state index contributed by atoms with van der Waals surface area (Å²) >= 11 is 0. The topological polar surface area (TPSA) is 80.5 Å². The van der Waals surface area contributed by atoms with Crippen molar-refractivity contribution in [1.82, 2.24) is 25.3 Å². The summed E-state index contributed by atoms with van der Waals surface area (Å²) in [6, 6.07) is 9.55. The smallest absolute Gasteiger partial charge is 0.258 e. The van der Waals surface area contributed by atoms with Gasteiger partial charge in [0, 0.05) is 5.56 Å². The average molecular weight is 213 g/mol. The predicted octanol–water partition coefficient (Wildman–Crippen LogP) is 1.52. The standard InChI is InChI=1S/C10H7N5O/c1-2-4-7(5-3-1)10-13-9(15-16-10)8-11-6-12-14-8/h1-6H,(H,11,12,14). The molecule has 3 rings (SSSR count). The highest BCUT2D eigenvalue weighted by molar-refractivity contribution is 5.55. The molecule has 0 bridgehead atoms. The Morgan fingerprint density at radius 2 is 2.00 bits per heavy atom. The second kappa shape index (κ2) is 3.58. The maximum absolute atomic E-state index is 5.13. The van der Waals surface area contributed by atoms with Crippen LogP contribution in [0.15, 0.2) is 41.2 Å². The van der Waals surface area contributed by atoms with E-state index in [0.29, 0.717) is 17.5 Å². The second-order valence-corrected chi connectivity index (χ2v) is 3.12. The highest BCUT2D eigenvalue weighted by Crippen LogP contribution is 2.19. The summed E-state index contributed by atoms with van der Waals surface area (Å²) in [6.07, 6.45) is 1.40. The van der Waals surface area contributed by atoms with Crippen LogP contribution in [0.1, 0.15) is 0 Å². The molecule has 0 saturated heterocycles. The van der Waals surface area contributed by atoms with Gasteiger partial charge >= 0.3 is 0 Å². The van der Waals surface area contributed by atoms with Gasteiger partial charge in [-0.15, -0.1) is 0 Å². The van der Waals surface area contributed by atoms with E-state index in [4.69, 9.17) is 4.52 Å². The van der Waals surface area contributed by atoms with Gasteiger partial charge in [0.1, 0.15) is 6.33 Å². The van der Waals surface area contributed by atoms with Crippen LogP contribution >= 0.6 is 0 Å². The molecule has 6 heteroatoms. The molecule has 2 heterocycles. The van der Waals surface area contributed by atoms with Crippen LogP contribution in [0.25, 0.3) is 23.1 Å². The first-order valence-corrected chi connectivity index (χ1v) is 4.68. The maximum atomic E-state index is 5.13. The summed E-state index contributed by atoms with van der Waals surface area (Å²) in [5.41, 5.74) is 0.876. The van der Waals surface area contributed by atoms with Gasteiger partial charge in [-0.2, -0.15) is 10.1 Å². The molecule has 16 heavy (non-hydrogen) atoms. The summed E-state index contributed by atoms with van der Waals surface area (Å²) in [5, 5.41) is 10.2. The van der Waals surface area contributed by atoms with Crippen molar-refractivity contribution in [2.45, 2.75) is 0 Å². The third kappa shape index (κ3) is 1.46. The minimum Gasteiger partial charge on any atom is -0.334 e. The Labute approximate surface area is 90.3 Å². The van der Waals surface area contributed by atoms with Crippen molar-refractivity contribution >= 4 is 0 Å². The zero-order valence-electron chi connectivity index (χ0n) is 8.16. The largest absolute Gasteiger partial charge is 0.334 e. The van der Waals surface area contributed by atoms with Gasteiger partial charge in [0.25, 0.3) is 5.89 Å². The summed E-state index contributed by atoms with van der Waals surface area (Å²) < 4.78 is 5.13. The number of hydrogen-bond acceptors (Lipinski definition) is 5. The first-order chi connectivity index (χ1) is 7.93. The predicted molar refractivity (Wildman–Crippen MR) is 55.1 cm³/mol. The molecule has 0 aliphatic heterocycles. The zero-order chi connectivity index (χ0) is 10.8. The van der Waals surface area contributed by atoms with Gasteiger partial charge in [0.2, 0.25) is 5.82 Å². The fourth-order valence-electron chi connectivity index (χ4n) is 1.33. The number of rotatable bonds is 2. The number of nitrogens with one attached hydrogen (secondary N) is 1. The summed E-state index contributed by atoms with van der Waals surface area (Å²) in [7, 11) is 0. The summed E-state index contributed by atoms with van der Waals surface area (Å²) in [5.74, 6) is 1.36. The molecule has 6 nitrogen and oxygen atoms in total. The van der Waals surface area contributed by atoms with E-state index in [-0.39, 0.29) is 0 Å². The van der Waals surface area contributed by atoms with E-state index in [0.717, 1.165) is 5.56 Å². The lowest BCUT2D eigenvalue weighted by atomic mass is 10.2. The van der Waals surface area contributed by atoms with Crippen LogP contribution in [0.3, 0.4) is 0 Å². The minimum atomic E-state index is 0.399. The van der Waals surface area contributed by atoms with Crippen LogP contribution in [-0.4, -0.2) is 25.3 Å². The monoisotopic (exact) mass is 213 g/mol.